The molecule has 1 aromatic heterocycles. The molecule has 0 saturated carbocycles. The van der Waals surface area contributed by atoms with Crippen LogP contribution in [-0.2, 0) is 22.0 Å². The third-order valence-electron chi connectivity index (χ3n) is 2.49. The Morgan fingerprint density at radius 2 is 2.12 bits per heavy atom. The van der Waals surface area contributed by atoms with Crippen LogP contribution in [0.2, 0.25) is 0 Å². The first-order valence-corrected chi connectivity index (χ1v) is 6.40. The van der Waals surface area contributed by atoms with Gasteiger partial charge in [-0.1, -0.05) is 0 Å². The maximum Gasteiger partial charge on any atom is 0.341 e. The van der Waals surface area contributed by atoms with Gasteiger partial charge in [0.05, 0.1) is 11.5 Å². The lowest BCUT2D eigenvalue weighted by molar-refractivity contribution is 0.0695. The van der Waals surface area contributed by atoms with Gasteiger partial charge in [0, 0.05) is 5.69 Å². The molecule has 1 aromatic rings. The summed E-state index contributed by atoms with van der Waals surface area (Å²) in [5.41, 5.74) is -0.213. The van der Waals surface area contributed by atoms with E-state index in [2.05, 4.69) is 4.98 Å². The molecule has 0 atom stereocenters. The summed E-state index contributed by atoms with van der Waals surface area (Å²) in [6.07, 6.45) is 0.245. The first-order valence-electron chi connectivity index (χ1n) is 4.58. The summed E-state index contributed by atoms with van der Waals surface area (Å²) in [4.78, 5) is 24.3. The lowest BCUT2D eigenvalue weighted by Gasteiger charge is -2.15. The number of hydrogen-bond donors (Lipinski definition) is 2. The summed E-state index contributed by atoms with van der Waals surface area (Å²) in [6.45, 7) is 0. The average molecular weight is 243 g/mol. The molecular weight excluding hydrogens is 234 g/mol. The number of rotatable bonds is 1. The van der Waals surface area contributed by atoms with Crippen LogP contribution in [0.1, 0.15) is 21.6 Å². The van der Waals surface area contributed by atoms with Gasteiger partial charge in [-0.3, -0.25) is 4.79 Å². The Morgan fingerprint density at radius 1 is 1.44 bits per heavy atom. The third kappa shape index (κ3) is 1.85. The van der Waals surface area contributed by atoms with E-state index in [0.29, 0.717) is 11.3 Å². The molecule has 7 heteroatoms. The molecule has 0 unspecified atom stereocenters. The molecule has 6 nitrogen and oxygen atoms in total. The minimum atomic E-state index is -3.16. The highest BCUT2D eigenvalue weighted by Crippen LogP contribution is 2.18. The SMILES string of the molecule is O=C(O)c1cc2c([nH]c1=O)CS(=O)(=O)CC2. The van der Waals surface area contributed by atoms with Crippen molar-refractivity contribution in [1.82, 2.24) is 4.98 Å². The number of carboxylic acids is 1. The Kier molecular flexibility index (Phi) is 2.34. The summed E-state index contributed by atoms with van der Waals surface area (Å²) in [6, 6.07) is 1.26. The number of sulfone groups is 1. The number of aromatic nitrogens is 1. The fourth-order valence-corrected chi connectivity index (χ4v) is 3.05. The second-order valence-corrected chi connectivity index (χ2v) is 5.85. The zero-order valence-corrected chi connectivity index (χ0v) is 9.00. The van der Waals surface area contributed by atoms with Crippen LogP contribution in [-0.4, -0.2) is 30.2 Å². The molecule has 16 heavy (non-hydrogen) atoms. The number of carboxylic acid groups (broad SMARTS) is 1. The Balaban J connectivity index is 2.59. The fourth-order valence-electron chi connectivity index (χ4n) is 1.68. The van der Waals surface area contributed by atoms with Gasteiger partial charge in [-0.25, -0.2) is 13.2 Å². The van der Waals surface area contributed by atoms with Crippen LogP contribution in [0.5, 0.6) is 0 Å². The van der Waals surface area contributed by atoms with Gasteiger partial charge in [0.15, 0.2) is 9.84 Å². The Morgan fingerprint density at radius 3 is 2.75 bits per heavy atom. The number of aromatic carboxylic acids is 1. The van der Waals surface area contributed by atoms with E-state index in [1.54, 1.807) is 0 Å². The molecule has 86 valence electrons. The lowest BCUT2D eigenvalue weighted by atomic mass is 10.1. The maximum atomic E-state index is 11.3. The van der Waals surface area contributed by atoms with Gasteiger partial charge in [0.1, 0.15) is 5.56 Å². The standard InChI is InChI=1S/C9H9NO5S/c11-8-6(9(12)13)3-5-1-2-16(14,15)4-7(5)10-8/h3H,1-2,4H2,(H,10,11)(H,12,13). The maximum absolute atomic E-state index is 11.3. The smallest absolute Gasteiger partial charge is 0.341 e. The van der Waals surface area contributed by atoms with Crippen LogP contribution < -0.4 is 5.56 Å². The van der Waals surface area contributed by atoms with Crippen LogP contribution in [0.3, 0.4) is 0 Å². The number of hydrogen-bond acceptors (Lipinski definition) is 4. The lowest BCUT2D eigenvalue weighted by Crippen LogP contribution is -2.26. The number of aryl methyl sites for hydroxylation is 1. The topological polar surface area (TPSA) is 104 Å². The summed E-state index contributed by atoms with van der Waals surface area (Å²) >= 11 is 0. The number of aromatic amines is 1. The van der Waals surface area contributed by atoms with E-state index in [1.165, 1.54) is 6.07 Å². The third-order valence-corrected chi connectivity index (χ3v) is 4.05. The van der Waals surface area contributed by atoms with Crippen molar-refractivity contribution in [3.63, 3.8) is 0 Å². The molecule has 0 amide bonds. The van der Waals surface area contributed by atoms with Crippen molar-refractivity contribution in [2.24, 2.45) is 0 Å². The molecule has 0 saturated heterocycles. The minimum Gasteiger partial charge on any atom is -0.477 e. The monoisotopic (exact) mass is 243 g/mol. The van der Waals surface area contributed by atoms with E-state index in [9.17, 15) is 18.0 Å². The predicted molar refractivity (Wildman–Crippen MR) is 55.2 cm³/mol. The molecule has 0 spiro atoms. The van der Waals surface area contributed by atoms with Gasteiger partial charge < -0.3 is 10.1 Å². The first-order chi connectivity index (χ1) is 7.39. The van der Waals surface area contributed by atoms with Crippen molar-refractivity contribution in [1.29, 1.82) is 0 Å². The van der Waals surface area contributed by atoms with Crippen LogP contribution >= 0.6 is 0 Å². The van der Waals surface area contributed by atoms with Crippen molar-refractivity contribution >= 4 is 15.8 Å². The Bertz CT molecular complexity index is 613. The van der Waals surface area contributed by atoms with Crippen molar-refractivity contribution in [3.8, 4) is 0 Å². The number of fused-ring (bicyclic) bond motifs is 1. The zero-order valence-electron chi connectivity index (χ0n) is 8.19. The van der Waals surface area contributed by atoms with Gasteiger partial charge in [-0.05, 0) is 18.1 Å². The average Bonchev–Trinajstić information content (AvgIpc) is 2.14. The van der Waals surface area contributed by atoms with E-state index >= 15 is 0 Å². The molecule has 0 aromatic carbocycles. The van der Waals surface area contributed by atoms with Crippen LogP contribution in [0.15, 0.2) is 10.9 Å². The number of nitrogens with one attached hydrogen (secondary N) is 1. The molecule has 1 aliphatic heterocycles. The second-order valence-electron chi connectivity index (χ2n) is 3.66. The van der Waals surface area contributed by atoms with Crippen molar-refractivity contribution in [3.05, 3.63) is 33.2 Å². The highest BCUT2D eigenvalue weighted by Gasteiger charge is 2.24. The molecule has 0 fully saturated rings. The molecular formula is C9H9NO5S. The molecule has 0 radical (unpaired) electrons. The van der Waals surface area contributed by atoms with Gasteiger partial charge >= 0.3 is 5.97 Å². The number of carbonyl (C=O) groups is 1. The van der Waals surface area contributed by atoms with Gasteiger partial charge in [0.25, 0.3) is 5.56 Å². The molecule has 0 aliphatic carbocycles. The van der Waals surface area contributed by atoms with Gasteiger partial charge in [-0.2, -0.15) is 0 Å². The van der Waals surface area contributed by atoms with E-state index < -0.39 is 21.4 Å². The molecule has 2 rings (SSSR count). The van der Waals surface area contributed by atoms with E-state index in [1.807, 2.05) is 0 Å². The van der Waals surface area contributed by atoms with Crippen LogP contribution in [0.25, 0.3) is 0 Å². The predicted octanol–water partition coefficient (Wildman–Crippen LogP) is -0.456. The highest BCUT2D eigenvalue weighted by molar-refractivity contribution is 7.90. The van der Waals surface area contributed by atoms with Crippen molar-refractivity contribution < 1.29 is 18.3 Å². The quantitative estimate of drug-likeness (QED) is 0.694. The van der Waals surface area contributed by atoms with E-state index in [4.69, 9.17) is 5.11 Å². The Labute approximate surface area is 90.8 Å². The first kappa shape index (κ1) is 10.9. The zero-order chi connectivity index (χ0) is 11.9. The van der Waals surface area contributed by atoms with E-state index in [0.717, 1.165) is 0 Å². The number of pyridine rings is 1. The molecule has 2 heterocycles. The van der Waals surface area contributed by atoms with Crippen molar-refractivity contribution in [2.45, 2.75) is 12.2 Å². The summed E-state index contributed by atoms with van der Waals surface area (Å²) < 4.78 is 22.6. The summed E-state index contributed by atoms with van der Waals surface area (Å²) in [7, 11) is -3.16. The van der Waals surface area contributed by atoms with Gasteiger partial charge in [-0.15, -0.1) is 0 Å². The van der Waals surface area contributed by atoms with Crippen molar-refractivity contribution in [2.75, 3.05) is 5.75 Å². The number of H-pyrrole nitrogens is 1. The summed E-state index contributed by atoms with van der Waals surface area (Å²) in [5.74, 6) is -1.54. The molecule has 2 N–H and O–H groups in total. The molecule has 0 bridgehead atoms. The molecule has 1 aliphatic rings. The summed E-state index contributed by atoms with van der Waals surface area (Å²) in [5, 5.41) is 8.73. The van der Waals surface area contributed by atoms with Crippen LogP contribution in [0, 0.1) is 0 Å². The van der Waals surface area contributed by atoms with E-state index in [-0.39, 0.29) is 23.5 Å². The Hall–Kier alpha value is -1.63. The van der Waals surface area contributed by atoms with Gasteiger partial charge in [0.2, 0.25) is 0 Å². The van der Waals surface area contributed by atoms with Crippen LogP contribution in [0.4, 0.5) is 0 Å². The fraction of sp³-hybridized carbons (Fsp3) is 0.333. The highest BCUT2D eigenvalue weighted by atomic mass is 32.2. The largest absolute Gasteiger partial charge is 0.477 e. The second kappa shape index (κ2) is 3.44. The minimum absolute atomic E-state index is 0.00883. The normalized spacial score (nSPS) is 17.8.